The summed E-state index contributed by atoms with van der Waals surface area (Å²) >= 11 is 1.22. The van der Waals surface area contributed by atoms with Gasteiger partial charge in [-0.05, 0) is 44.2 Å². The number of thiophene rings is 1. The number of carbonyl (C=O) groups excluding carboxylic acids is 2. The summed E-state index contributed by atoms with van der Waals surface area (Å²) in [6, 6.07) is 7.66. The lowest BCUT2D eigenvalue weighted by atomic mass is 10.3. The summed E-state index contributed by atoms with van der Waals surface area (Å²) in [5.74, 6) is -1.17. The lowest BCUT2D eigenvalue weighted by Gasteiger charge is -2.16. The number of halogens is 1. The number of hydrogen-bond donors (Lipinski definition) is 0. The fraction of sp³-hybridized carbons (Fsp3) is 0.278. The molecule has 0 spiro atoms. The summed E-state index contributed by atoms with van der Waals surface area (Å²) in [7, 11) is 3.21. The standard InChI is InChI=1S/C18H18FN3O3S/c1-10-14-9-15(18(24)25-11(2)16(23)21(3)4)26-17(14)22(20-10)13-7-5-12(19)6-8-13/h5-9,11H,1-4H3/t11-/m0/s1. The normalized spacial score (nSPS) is 12.2. The van der Waals surface area contributed by atoms with Gasteiger partial charge in [0.05, 0.1) is 11.4 Å². The molecule has 0 aliphatic heterocycles. The largest absolute Gasteiger partial charge is 0.448 e. The number of fused-ring (bicyclic) bond motifs is 1. The van der Waals surface area contributed by atoms with Crippen molar-refractivity contribution < 1.29 is 18.7 Å². The molecule has 0 aliphatic rings. The number of nitrogens with zero attached hydrogens (tertiary/aromatic N) is 3. The van der Waals surface area contributed by atoms with Crippen molar-refractivity contribution in [3.63, 3.8) is 0 Å². The van der Waals surface area contributed by atoms with Crippen LogP contribution >= 0.6 is 11.3 Å². The Morgan fingerprint density at radius 2 is 1.92 bits per heavy atom. The van der Waals surface area contributed by atoms with E-state index in [0.717, 1.165) is 15.9 Å². The van der Waals surface area contributed by atoms with Crippen LogP contribution in [-0.2, 0) is 9.53 Å². The molecule has 0 radical (unpaired) electrons. The van der Waals surface area contributed by atoms with Crippen molar-refractivity contribution in [1.82, 2.24) is 14.7 Å². The van der Waals surface area contributed by atoms with E-state index in [4.69, 9.17) is 4.74 Å². The average Bonchev–Trinajstić information content (AvgIpc) is 3.16. The number of hydrogen-bond acceptors (Lipinski definition) is 5. The fourth-order valence-electron chi connectivity index (χ4n) is 2.54. The van der Waals surface area contributed by atoms with E-state index in [2.05, 4.69) is 5.10 Å². The maximum absolute atomic E-state index is 13.2. The maximum Gasteiger partial charge on any atom is 0.349 e. The summed E-state index contributed by atoms with van der Waals surface area (Å²) < 4.78 is 20.1. The van der Waals surface area contributed by atoms with Gasteiger partial charge in [-0.15, -0.1) is 11.3 Å². The molecule has 8 heteroatoms. The first-order chi connectivity index (χ1) is 12.3. The van der Waals surface area contributed by atoms with Crippen molar-refractivity contribution in [2.24, 2.45) is 0 Å². The fourth-order valence-corrected chi connectivity index (χ4v) is 3.60. The summed E-state index contributed by atoms with van der Waals surface area (Å²) in [4.78, 5) is 26.8. The number of ether oxygens (including phenoxy) is 1. The van der Waals surface area contributed by atoms with Crippen molar-refractivity contribution in [2.45, 2.75) is 20.0 Å². The second-order valence-corrected chi connectivity index (χ2v) is 7.11. The van der Waals surface area contributed by atoms with Crippen molar-refractivity contribution in [3.05, 3.63) is 46.7 Å². The second-order valence-electron chi connectivity index (χ2n) is 6.08. The van der Waals surface area contributed by atoms with Gasteiger partial charge in [0.15, 0.2) is 6.10 Å². The third-order valence-electron chi connectivity index (χ3n) is 3.89. The van der Waals surface area contributed by atoms with E-state index in [1.165, 1.54) is 28.4 Å². The summed E-state index contributed by atoms with van der Waals surface area (Å²) in [5, 5.41) is 5.27. The first-order valence-corrected chi connectivity index (χ1v) is 8.77. The minimum Gasteiger partial charge on any atom is -0.448 e. The number of aryl methyl sites for hydroxylation is 1. The number of amides is 1. The SMILES string of the molecule is Cc1nn(-c2ccc(F)cc2)c2sc(C(=O)O[C@@H](C)C(=O)N(C)C)cc12. The zero-order valence-electron chi connectivity index (χ0n) is 14.8. The molecule has 3 aromatic rings. The molecule has 0 bridgehead atoms. The molecule has 136 valence electrons. The quantitative estimate of drug-likeness (QED) is 0.657. The predicted molar refractivity (Wildman–Crippen MR) is 97.2 cm³/mol. The summed E-state index contributed by atoms with van der Waals surface area (Å²) in [5.41, 5.74) is 1.44. The van der Waals surface area contributed by atoms with E-state index in [9.17, 15) is 14.0 Å². The van der Waals surface area contributed by atoms with Crippen LogP contribution in [0, 0.1) is 12.7 Å². The van der Waals surface area contributed by atoms with Gasteiger partial charge in [0.1, 0.15) is 15.5 Å². The zero-order chi connectivity index (χ0) is 19.0. The molecule has 1 aromatic carbocycles. The molecule has 0 fully saturated rings. The van der Waals surface area contributed by atoms with Crippen molar-refractivity contribution >= 4 is 33.4 Å². The summed E-state index contributed by atoms with van der Waals surface area (Å²) in [6.07, 6.45) is -0.864. The highest BCUT2D eigenvalue weighted by atomic mass is 32.1. The van der Waals surface area contributed by atoms with Crippen molar-refractivity contribution in [1.29, 1.82) is 0 Å². The third-order valence-corrected chi connectivity index (χ3v) is 4.98. The molecule has 6 nitrogen and oxygen atoms in total. The molecular formula is C18H18FN3O3S. The predicted octanol–water partition coefficient (Wildman–Crippen LogP) is 3.17. The Morgan fingerprint density at radius 3 is 2.54 bits per heavy atom. The van der Waals surface area contributed by atoms with Gasteiger partial charge < -0.3 is 9.64 Å². The Bertz CT molecular complexity index is 976. The van der Waals surface area contributed by atoms with Gasteiger partial charge in [0, 0.05) is 19.5 Å². The number of benzene rings is 1. The lowest BCUT2D eigenvalue weighted by Crippen LogP contribution is -2.34. The van der Waals surface area contributed by atoms with E-state index in [-0.39, 0.29) is 11.7 Å². The second kappa shape index (κ2) is 6.87. The van der Waals surface area contributed by atoms with Crippen LogP contribution in [0.15, 0.2) is 30.3 Å². The van der Waals surface area contributed by atoms with E-state index < -0.39 is 12.1 Å². The first kappa shape index (κ1) is 18.1. The Balaban J connectivity index is 1.92. The van der Waals surface area contributed by atoms with Gasteiger partial charge in [-0.3, -0.25) is 4.79 Å². The highest BCUT2D eigenvalue weighted by molar-refractivity contribution is 7.20. The molecule has 3 rings (SSSR count). The molecule has 1 amide bonds. The van der Waals surface area contributed by atoms with Gasteiger partial charge in [0.2, 0.25) is 0 Å². The monoisotopic (exact) mass is 375 g/mol. The molecule has 0 unspecified atom stereocenters. The highest BCUT2D eigenvalue weighted by Crippen LogP contribution is 2.31. The van der Waals surface area contributed by atoms with Crippen molar-refractivity contribution in [2.75, 3.05) is 14.1 Å². The number of esters is 1. The number of carbonyl (C=O) groups is 2. The van der Waals surface area contributed by atoms with Gasteiger partial charge in [-0.25, -0.2) is 13.9 Å². The lowest BCUT2D eigenvalue weighted by molar-refractivity contribution is -0.137. The Morgan fingerprint density at radius 1 is 1.27 bits per heavy atom. The van der Waals surface area contributed by atoms with Crippen LogP contribution in [0.2, 0.25) is 0 Å². The Kier molecular flexibility index (Phi) is 4.78. The van der Waals surface area contributed by atoms with Crippen LogP contribution in [0.5, 0.6) is 0 Å². The van der Waals surface area contributed by atoms with E-state index >= 15 is 0 Å². The Hall–Kier alpha value is -2.74. The molecule has 0 saturated carbocycles. The van der Waals surface area contributed by atoms with E-state index in [1.807, 2.05) is 6.92 Å². The maximum atomic E-state index is 13.2. The molecule has 2 aromatic heterocycles. The van der Waals surface area contributed by atoms with Crippen LogP contribution < -0.4 is 0 Å². The third kappa shape index (κ3) is 3.32. The van der Waals surface area contributed by atoms with Gasteiger partial charge >= 0.3 is 5.97 Å². The van der Waals surface area contributed by atoms with Crippen LogP contribution in [0.25, 0.3) is 15.9 Å². The molecule has 26 heavy (non-hydrogen) atoms. The van der Waals surface area contributed by atoms with Gasteiger partial charge in [-0.2, -0.15) is 5.10 Å². The van der Waals surface area contributed by atoms with Crippen LogP contribution in [0.1, 0.15) is 22.3 Å². The van der Waals surface area contributed by atoms with E-state index in [0.29, 0.717) is 10.6 Å². The van der Waals surface area contributed by atoms with E-state index in [1.54, 1.807) is 43.9 Å². The molecule has 2 heterocycles. The number of rotatable bonds is 4. The van der Waals surface area contributed by atoms with Crippen LogP contribution in [0.3, 0.4) is 0 Å². The van der Waals surface area contributed by atoms with Gasteiger partial charge in [-0.1, -0.05) is 0 Å². The van der Waals surface area contributed by atoms with Crippen molar-refractivity contribution in [3.8, 4) is 5.69 Å². The molecule has 0 saturated heterocycles. The molecule has 1 atom stereocenters. The Labute approximate surface area is 153 Å². The smallest absolute Gasteiger partial charge is 0.349 e. The minimum atomic E-state index is -0.864. The van der Waals surface area contributed by atoms with Crippen LogP contribution in [-0.4, -0.2) is 46.8 Å². The summed E-state index contributed by atoms with van der Waals surface area (Å²) in [6.45, 7) is 3.38. The highest BCUT2D eigenvalue weighted by Gasteiger charge is 2.23. The van der Waals surface area contributed by atoms with Gasteiger partial charge in [0.25, 0.3) is 5.91 Å². The van der Waals surface area contributed by atoms with Crippen LogP contribution in [0.4, 0.5) is 4.39 Å². The first-order valence-electron chi connectivity index (χ1n) is 7.95. The number of likely N-dealkylation sites (N-methyl/N-ethyl adjacent to an activating group) is 1. The molecule has 0 aliphatic carbocycles. The molecule has 0 N–H and O–H groups in total. The topological polar surface area (TPSA) is 64.4 Å². The molecular weight excluding hydrogens is 357 g/mol. The minimum absolute atomic E-state index is 0.284. The zero-order valence-corrected chi connectivity index (χ0v) is 15.6. The number of aromatic nitrogens is 2. The average molecular weight is 375 g/mol.